The van der Waals surface area contributed by atoms with Crippen LogP contribution in [0, 0.1) is 0 Å². The largest absolute Gasteiger partial charge is 0.418 e. The summed E-state index contributed by atoms with van der Waals surface area (Å²) in [5.41, 5.74) is 5.43. The van der Waals surface area contributed by atoms with Gasteiger partial charge in [-0.25, -0.2) is 4.98 Å². The Morgan fingerprint density at radius 1 is 1.30 bits per heavy atom. The number of benzene rings is 1. The summed E-state index contributed by atoms with van der Waals surface area (Å²) in [6.45, 7) is 2.18. The monoisotopic (exact) mass is 283 g/mol. The van der Waals surface area contributed by atoms with Gasteiger partial charge in [-0.3, -0.25) is 0 Å². The van der Waals surface area contributed by atoms with E-state index in [1.807, 2.05) is 6.92 Å². The first-order valence-corrected chi connectivity index (χ1v) is 6.40. The predicted octanol–water partition coefficient (Wildman–Crippen LogP) is 2.95. The quantitative estimate of drug-likeness (QED) is 0.937. The van der Waals surface area contributed by atoms with Gasteiger partial charge >= 0.3 is 6.18 Å². The Kier molecular flexibility index (Phi) is 4.13. The minimum absolute atomic E-state index is 0.104. The van der Waals surface area contributed by atoms with Crippen LogP contribution in [0.15, 0.2) is 30.6 Å². The van der Waals surface area contributed by atoms with Crippen molar-refractivity contribution in [2.75, 3.05) is 6.54 Å². The summed E-state index contributed by atoms with van der Waals surface area (Å²) in [5.74, 6) is 0.599. The number of imidazole rings is 1. The van der Waals surface area contributed by atoms with Crippen molar-refractivity contribution in [3.63, 3.8) is 0 Å². The summed E-state index contributed by atoms with van der Waals surface area (Å²) in [5, 5.41) is 0. The molecule has 0 aliphatic carbocycles. The van der Waals surface area contributed by atoms with Crippen LogP contribution in [-0.2, 0) is 19.0 Å². The van der Waals surface area contributed by atoms with Gasteiger partial charge < -0.3 is 10.3 Å². The molecule has 0 fully saturated rings. The molecule has 1 aromatic heterocycles. The van der Waals surface area contributed by atoms with Gasteiger partial charge in [0.05, 0.1) is 11.3 Å². The van der Waals surface area contributed by atoms with E-state index in [2.05, 4.69) is 4.98 Å². The molecule has 2 aromatic rings. The lowest BCUT2D eigenvalue weighted by atomic mass is 10.1. The molecule has 0 bridgehead atoms. The molecule has 2 N–H and O–H groups in total. The fourth-order valence-electron chi connectivity index (χ4n) is 2.16. The second-order valence-corrected chi connectivity index (χ2v) is 4.45. The highest BCUT2D eigenvalue weighted by Crippen LogP contribution is 2.35. The number of hydrogen-bond acceptors (Lipinski definition) is 2. The zero-order chi connectivity index (χ0) is 14.8. The lowest BCUT2D eigenvalue weighted by Crippen LogP contribution is -2.13. The fourth-order valence-corrected chi connectivity index (χ4v) is 2.16. The minimum atomic E-state index is -4.41. The highest BCUT2D eigenvalue weighted by Gasteiger charge is 2.34. The summed E-state index contributed by atoms with van der Waals surface area (Å²) in [6, 6.07) is 4.33. The van der Waals surface area contributed by atoms with Gasteiger partial charge in [-0.05, 0) is 30.7 Å². The zero-order valence-corrected chi connectivity index (χ0v) is 11.1. The lowest BCUT2D eigenvalue weighted by molar-refractivity contribution is -0.137. The average Bonchev–Trinajstić information content (AvgIpc) is 2.86. The number of hydrogen-bond donors (Lipinski definition) is 1. The normalized spacial score (nSPS) is 11.8. The lowest BCUT2D eigenvalue weighted by Gasteiger charge is -2.16. The maximum atomic E-state index is 13.2. The van der Waals surface area contributed by atoms with Crippen molar-refractivity contribution < 1.29 is 13.2 Å². The van der Waals surface area contributed by atoms with E-state index in [0.29, 0.717) is 30.8 Å². The van der Waals surface area contributed by atoms with Gasteiger partial charge in [0, 0.05) is 18.8 Å². The highest BCUT2D eigenvalue weighted by molar-refractivity contribution is 5.46. The third kappa shape index (κ3) is 2.85. The van der Waals surface area contributed by atoms with Crippen molar-refractivity contribution in [1.29, 1.82) is 0 Å². The van der Waals surface area contributed by atoms with Gasteiger partial charge in [-0.15, -0.1) is 0 Å². The predicted molar refractivity (Wildman–Crippen MR) is 70.7 cm³/mol. The highest BCUT2D eigenvalue weighted by atomic mass is 19.4. The van der Waals surface area contributed by atoms with Gasteiger partial charge in [-0.1, -0.05) is 13.0 Å². The summed E-state index contributed by atoms with van der Waals surface area (Å²) >= 11 is 0. The van der Waals surface area contributed by atoms with Crippen molar-refractivity contribution in [2.24, 2.45) is 5.73 Å². The number of nitrogens with zero attached hydrogens (tertiary/aromatic N) is 2. The van der Waals surface area contributed by atoms with Gasteiger partial charge in [0.15, 0.2) is 0 Å². The van der Waals surface area contributed by atoms with Crippen LogP contribution >= 0.6 is 0 Å². The van der Waals surface area contributed by atoms with E-state index < -0.39 is 11.7 Å². The molecule has 0 saturated carbocycles. The van der Waals surface area contributed by atoms with Crippen molar-refractivity contribution in [2.45, 2.75) is 25.9 Å². The SMILES string of the molecule is CCc1nccn1-c1ccc(CCN)cc1C(F)(F)F. The van der Waals surface area contributed by atoms with E-state index in [1.54, 1.807) is 12.3 Å². The Bertz CT molecular complexity index is 588. The smallest absolute Gasteiger partial charge is 0.330 e. The molecule has 2 rings (SSSR count). The number of alkyl halides is 3. The molecular formula is C14H16F3N3. The first-order chi connectivity index (χ1) is 9.47. The molecule has 0 spiro atoms. The molecule has 3 nitrogen and oxygen atoms in total. The Labute approximate surface area is 115 Å². The molecule has 0 aliphatic heterocycles. The van der Waals surface area contributed by atoms with Crippen molar-refractivity contribution >= 4 is 0 Å². The Hall–Kier alpha value is -1.82. The van der Waals surface area contributed by atoms with Crippen molar-refractivity contribution in [3.8, 4) is 5.69 Å². The standard InChI is InChI=1S/C14H16F3N3/c1-2-13-19-7-8-20(13)12-4-3-10(5-6-18)9-11(12)14(15,16)17/h3-4,7-9H,2,5-6,18H2,1H3. The molecule has 0 unspecified atom stereocenters. The second-order valence-electron chi connectivity index (χ2n) is 4.45. The van der Waals surface area contributed by atoms with E-state index in [9.17, 15) is 13.2 Å². The van der Waals surface area contributed by atoms with Gasteiger partial charge in [-0.2, -0.15) is 13.2 Å². The molecule has 0 radical (unpaired) electrons. The van der Waals surface area contributed by atoms with E-state index in [-0.39, 0.29) is 5.69 Å². The second kappa shape index (κ2) is 5.66. The van der Waals surface area contributed by atoms with E-state index in [1.165, 1.54) is 22.9 Å². The number of nitrogens with two attached hydrogens (primary N) is 1. The fraction of sp³-hybridized carbons (Fsp3) is 0.357. The van der Waals surface area contributed by atoms with Crippen LogP contribution in [0.3, 0.4) is 0 Å². The van der Waals surface area contributed by atoms with Crippen LogP contribution in [0.5, 0.6) is 0 Å². The molecule has 0 amide bonds. The van der Waals surface area contributed by atoms with Gasteiger partial charge in [0.25, 0.3) is 0 Å². The summed E-state index contributed by atoms with van der Waals surface area (Å²) in [4.78, 5) is 4.07. The first-order valence-electron chi connectivity index (χ1n) is 6.40. The Balaban J connectivity index is 2.58. The van der Waals surface area contributed by atoms with Crippen molar-refractivity contribution in [3.05, 3.63) is 47.5 Å². The van der Waals surface area contributed by atoms with E-state index in [4.69, 9.17) is 5.73 Å². The summed E-state index contributed by atoms with van der Waals surface area (Å²) in [6.07, 6.45) is -0.364. The minimum Gasteiger partial charge on any atom is -0.330 e. The third-order valence-corrected chi connectivity index (χ3v) is 3.09. The van der Waals surface area contributed by atoms with Crippen molar-refractivity contribution in [1.82, 2.24) is 9.55 Å². The van der Waals surface area contributed by atoms with Crippen LogP contribution < -0.4 is 5.73 Å². The Morgan fingerprint density at radius 3 is 2.65 bits per heavy atom. The first kappa shape index (κ1) is 14.6. The molecule has 0 saturated heterocycles. The molecular weight excluding hydrogens is 267 g/mol. The van der Waals surface area contributed by atoms with Crippen LogP contribution in [0.25, 0.3) is 5.69 Å². The molecule has 108 valence electrons. The van der Waals surface area contributed by atoms with Gasteiger partial charge in [0.2, 0.25) is 0 Å². The number of aromatic nitrogens is 2. The maximum absolute atomic E-state index is 13.2. The Morgan fingerprint density at radius 2 is 2.05 bits per heavy atom. The summed E-state index contributed by atoms with van der Waals surface area (Å²) < 4.78 is 41.2. The number of aryl methyl sites for hydroxylation is 1. The van der Waals surface area contributed by atoms with E-state index >= 15 is 0 Å². The van der Waals surface area contributed by atoms with Crippen LogP contribution in [0.4, 0.5) is 13.2 Å². The zero-order valence-electron chi connectivity index (χ0n) is 11.1. The van der Waals surface area contributed by atoms with Gasteiger partial charge in [0.1, 0.15) is 5.82 Å². The van der Waals surface area contributed by atoms with Crippen LogP contribution in [0.2, 0.25) is 0 Å². The van der Waals surface area contributed by atoms with Crippen LogP contribution in [0.1, 0.15) is 23.9 Å². The van der Waals surface area contributed by atoms with Crippen LogP contribution in [-0.4, -0.2) is 16.1 Å². The molecule has 0 atom stereocenters. The molecule has 6 heteroatoms. The molecule has 0 aliphatic rings. The van der Waals surface area contributed by atoms with E-state index in [0.717, 1.165) is 0 Å². The molecule has 1 aromatic carbocycles. The number of halogens is 3. The molecule has 20 heavy (non-hydrogen) atoms. The number of rotatable bonds is 4. The average molecular weight is 283 g/mol. The maximum Gasteiger partial charge on any atom is 0.418 e. The topological polar surface area (TPSA) is 43.8 Å². The third-order valence-electron chi connectivity index (χ3n) is 3.09. The summed E-state index contributed by atoms with van der Waals surface area (Å²) in [7, 11) is 0. The molecule has 1 heterocycles.